The molecule has 1 nitrogen and oxygen atoms in total. The van der Waals surface area contributed by atoms with Crippen molar-refractivity contribution >= 4 is 0 Å². The van der Waals surface area contributed by atoms with Crippen molar-refractivity contribution in [2.24, 2.45) is 0 Å². The van der Waals surface area contributed by atoms with E-state index in [-0.39, 0.29) is 0 Å². The highest BCUT2D eigenvalue weighted by atomic mass is 15.0. The van der Waals surface area contributed by atoms with Gasteiger partial charge in [0, 0.05) is 17.5 Å². The summed E-state index contributed by atoms with van der Waals surface area (Å²) in [5.74, 6) is 0. The molecular formula is C13H22N+. The van der Waals surface area contributed by atoms with Crippen LogP contribution in [0.3, 0.4) is 0 Å². The first-order valence-electron chi connectivity index (χ1n) is 5.74. The van der Waals surface area contributed by atoms with Crippen LogP contribution in [0.4, 0.5) is 0 Å². The zero-order valence-electron chi connectivity index (χ0n) is 9.88. The van der Waals surface area contributed by atoms with E-state index in [1.54, 1.807) is 0 Å². The van der Waals surface area contributed by atoms with E-state index in [0.29, 0.717) is 6.04 Å². The van der Waals surface area contributed by atoms with E-state index in [2.05, 4.69) is 50.7 Å². The van der Waals surface area contributed by atoms with Gasteiger partial charge in [-0.1, -0.05) is 20.8 Å². The Morgan fingerprint density at radius 2 is 1.57 bits per heavy atom. The molecule has 0 aliphatic heterocycles. The van der Waals surface area contributed by atoms with Crippen LogP contribution < -0.4 is 4.57 Å². The van der Waals surface area contributed by atoms with Crippen LogP contribution in [0, 0.1) is 0 Å². The lowest BCUT2D eigenvalue weighted by atomic mass is 10.1. The third-order valence-corrected chi connectivity index (χ3v) is 2.92. The summed E-state index contributed by atoms with van der Waals surface area (Å²) in [7, 11) is 0. The van der Waals surface area contributed by atoms with Gasteiger partial charge in [0.1, 0.15) is 0 Å². The number of nitrogens with zero attached hydrogens (tertiary/aromatic N) is 1. The van der Waals surface area contributed by atoms with Gasteiger partial charge in [0.15, 0.2) is 18.4 Å². The van der Waals surface area contributed by atoms with Crippen molar-refractivity contribution in [3.8, 4) is 0 Å². The quantitative estimate of drug-likeness (QED) is 0.645. The molecule has 0 aromatic carbocycles. The van der Waals surface area contributed by atoms with Crippen LogP contribution in [0.15, 0.2) is 18.5 Å². The maximum absolute atomic E-state index is 2.36. The monoisotopic (exact) mass is 192 g/mol. The van der Waals surface area contributed by atoms with Gasteiger partial charge >= 0.3 is 0 Å². The Bertz CT molecular complexity index is 269. The van der Waals surface area contributed by atoms with E-state index < -0.39 is 0 Å². The fraction of sp³-hybridized carbons (Fsp3) is 0.615. The second-order valence-corrected chi connectivity index (χ2v) is 3.96. The van der Waals surface area contributed by atoms with Gasteiger partial charge in [0.2, 0.25) is 0 Å². The molecule has 1 atom stereocenters. The number of pyridine rings is 1. The van der Waals surface area contributed by atoms with E-state index in [0.717, 1.165) is 12.8 Å². The van der Waals surface area contributed by atoms with Crippen molar-refractivity contribution in [3.05, 3.63) is 29.6 Å². The van der Waals surface area contributed by atoms with Gasteiger partial charge in [-0.2, -0.15) is 0 Å². The van der Waals surface area contributed by atoms with Crippen LogP contribution in [0.5, 0.6) is 0 Å². The van der Waals surface area contributed by atoms with Gasteiger partial charge < -0.3 is 0 Å². The number of hydrogen-bond acceptors (Lipinski definition) is 0. The van der Waals surface area contributed by atoms with Gasteiger partial charge in [-0.15, -0.1) is 0 Å². The molecule has 0 saturated carbocycles. The number of aromatic nitrogens is 1. The molecule has 1 aromatic rings. The number of rotatable bonds is 4. The average Bonchev–Trinajstić information content (AvgIpc) is 2.27. The fourth-order valence-electron chi connectivity index (χ4n) is 1.58. The molecule has 78 valence electrons. The predicted octanol–water partition coefficient (Wildman–Crippen LogP) is 3.07. The van der Waals surface area contributed by atoms with Crippen molar-refractivity contribution in [3.63, 3.8) is 0 Å². The summed E-state index contributed by atoms with van der Waals surface area (Å²) in [4.78, 5) is 0. The van der Waals surface area contributed by atoms with E-state index in [4.69, 9.17) is 0 Å². The molecule has 1 rings (SSSR count). The minimum atomic E-state index is 0.617. The van der Waals surface area contributed by atoms with Crippen LogP contribution in [0.2, 0.25) is 0 Å². The van der Waals surface area contributed by atoms with E-state index in [1.807, 2.05) is 0 Å². The molecule has 0 aliphatic carbocycles. The molecule has 0 fully saturated rings. The Labute approximate surface area is 87.8 Å². The van der Waals surface area contributed by atoms with Crippen molar-refractivity contribution < 1.29 is 4.57 Å². The summed E-state index contributed by atoms with van der Waals surface area (Å²) in [6, 6.07) is 2.94. The summed E-state index contributed by atoms with van der Waals surface area (Å²) in [5, 5.41) is 0. The molecule has 14 heavy (non-hydrogen) atoms. The molecule has 1 heteroatoms. The van der Waals surface area contributed by atoms with E-state index in [1.165, 1.54) is 17.5 Å². The molecule has 0 spiro atoms. The SMILES string of the molecule is CCc1cc(CC)c[n+](C(C)CC)c1. The van der Waals surface area contributed by atoms with Gasteiger partial charge in [-0.25, -0.2) is 4.57 Å². The maximum Gasteiger partial charge on any atom is 0.172 e. The maximum atomic E-state index is 2.36. The van der Waals surface area contributed by atoms with Gasteiger partial charge in [0.05, 0.1) is 0 Å². The van der Waals surface area contributed by atoms with Gasteiger partial charge in [-0.05, 0) is 25.8 Å². The van der Waals surface area contributed by atoms with Crippen LogP contribution >= 0.6 is 0 Å². The minimum Gasteiger partial charge on any atom is -0.202 e. The summed E-state index contributed by atoms with van der Waals surface area (Å²) < 4.78 is 2.36. The Balaban J connectivity index is 3.04. The molecule has 0 N–H and O–H groups in total. The summed E-state index contributed by atoms with van der Waals surface area (Å²) in [5.41, 5.74) is 2.90. The van der Waals surface area contributed by atoms with Crippen molar-refractivity contribution in [2.45, 2.75) is 53.0 Å². The smallest absolute Gasteiger partial charge is 0.172 e. The largest absolute Gasteiger partial charge is 0.202 e. The topological polar surface area (TPSA) is 3.88 Å². The molecular weight excluding hydrogens is 170 g/mol. The predicted molar refractivity (Wildman–Crippen MR) is 60.4 cm³/mol. The molecule has 1 aromatic heterocycles. The van der Waals surface area contributed by atoms with Crippen molar-refractivity contribution in [2.75, 3.05) is 0 Å². The van der Waals surface area contributed by atoms with Crippen LogP contribution in [0.25, 0.3) is 0 Å². The van der Waals surface area contributed by atoms with Crippen LogP contribution in [-0.2, 0) is 12.8 Å². The lowest BCUT2D eigenvalue weighted by molar-refractivity contribution is -0.720. The first kappa shape index (κ1) is 11.2. The second kappa shape index (κ2) is 5.14. The third kappa shape index (κ3) is 2.57. The minimum absolute atomic E-state index is 0.617. The zero-order chi connectivity index (χ0) is 10.6. The highest BCUT2D eigenvalue weighted by Gasteiger charge is 2.11. The van der Waals surface area contributed by atoms with Gasteiger partial charge in [0.25, 0.3) is 0 Å². The Hall–Kier alpha value is -0.850. The molecule has 0 amide bonds. The fourth-order valence-corrected chi connectivity index (χ4v) is 1.58. The first-order valence-corrected chi connectivity index (χ1v) is 5.74. The lowest BCUT2D eigenvalue weighted by Crippen LogP contribution is -2.37. The molecule has 0 saturated heterocycles. The van der Waals surface area contributed by atoms with Crippen molar-refractivity contribution in [1.29, 1.82) is 0 Å². The van der Waals surface area contributed by atoms with Crippen LogP contribution in [0.1, 0.15) is 51.3 Å². The molecule has 0 bridgehead atoms. The molecule has 1 unspecified atom stereocenters. The zero-order valence-corrected chi connectivity index (χ0v) is 9.88. The first-order chi connectivity index (χ1) is 6.71. The van der Waals surface area contributed by atoms with Gasteiger partial charge in [-0.3, -0.25) is 0 Å². The highest BCUT2D eigenvalue weighted by Crippen LogP contribution is 2.07. The number of aryl methyl sites for hydroxylation is 2. The molecule has 0 aliphatic rings. The van der Waals surface area contributed by atoms with E-state index >= 15 is 0 Å². The third-order valence-electron chi connectivity index (χ3n) is 2.92. The normalized spacial score (nSPS) is 12.9. The van der Waals surface area contributed by atoms with Crippen LogP contribution in [-0.4, -0.2) is 0 Å². The Kier molecular flexibility index (Phi) is 4.12. The molecule has 0 radical (unpaired) electrons. The standard InChI is InChI=1S/C13H22N/c1-5-11(4)14-9-12(6-2)8-13(7-3)10-14/h8-11H,5-7H2,1-4H3/q+1. The average molecular weight is 192 g/mol. The summed E-state index contributed by atoms with van der Waals surface area (Å²) in [6.07, 6.45) is 8.02. The number of hydrogen-bond donors (Lipinski definition) is 0. The second-order valence-electron chi connectivity index (χ2n) is 3.96. The molecule has 1 heterocycles. The highest BCUT2D eigenvalue weighted by molar-refractivity contribution is 5.14. The van der Waals surface area contributed by atoms with E-state index in [9.17, 15) is 0 Å². The Morgan fingerprint density at radius 1 is 1.07 bits per heavy atom. The summed E-state index contributed by atoms with van der Waals surface area (Å²) in [6.45, 7) is 8.95. The van der Waals surface area contributed by atoms with Crippen molar-refractivity contribution in [1.82, 2.24) is 0 Å². The lowest BCUT2D eigenvalue weighted by Gasteiger charge is -2.07. The summed E-state index contributed by atoms with van der Waals surface area (Å²) >= 11 is 0. The Morgan fingerprint density at radius 3 is 1.93 bits per heavy atom.